The first-order valence-corrected chi connectivity index (χ1v) is 8.36. The van der Waals surface area contributed by atoms with Gasteiger partial charge in [-0.25, -0.2) is 4.98 Å². The first-order chi connectivity index (χ1) is 13.9. The maximum absolute atomic E-state index is 12.8. The Balaban J connectivity index is 1.75. The van der Waals surface area contributed by atoms with E-state index in [1.54, 1.807) is 29.0 Å². The van der Waals surface area contributed by atoms with E-state index in [0.29, 0.717) is 22.8 Å². The summed E-state index contributed by atoms with van der Waals surface area (Å²) >= 11 is 0. The first kappa shape index (κ1) is 19.9. The summed E-state index contributed by atoms with van der Waals surface area (Å²) < 4.78 is 45.1. The Bertz CT molecular complexity index is 1070. The zero-order valence-electron chi connectivity index (χ0n) is 15.2. The smallest absolute Gasteiger partial charge is 0.416 e. The molecule has 0 amide bonds. The molecule has 0 N–H and O–H groups in total. The molecule has 0 unspecified atom stereocenters. The SMILES string of the molecule is COc1ccnc(-n2cccc2/C=N/OCc2cccc(C(F)(F)F)c2)c1C#N. The topological polar surface area (TPSA) is 72.4 Å². The van der Waals surface area contributed by atoms with Crippen molar-refractivity contribution in [3.8, 4) is 17.6 Å². The van der Waals surface area contributed by atoms with E-state index in [2.05, 4.69) is 16.2 Å². The zero-order valence-corrected chi connectivity index (χ0v) is 15.2. The van der Waals surface area contributed by atoms with Crippen LogP contribution in [0.1, 0.15) is 22.4 Å². The van der Waals surface area contributed by atoms with Crippen molar-refractivity contribution >= 4 is 6.21 Å². The molecule has 0 aliphatic rings. The highest BCUT2D eigenvalue weighted by Gasteiger charge is 2.30. The number of nitrogens with zero attached hydrogens (tertiary/aromatic N) is 4. The van der Waals surface area contributed by atoms with E-state index in [-0.39, 0.29) is 12.2 Å². The van der Waals surface area contributed by atoms with Crippen LogP contribution >= 0.6 is 0 Å². The second-order valence-corrected chi connectivity index (χ2v) is 5.83. The third-order valence-corrected chi connectivity index (χ3v) is 3.98. The summed E-state index contributed by atoms with van der Waals surface area (Å²) in [5.74, 6) is 0.742. The minimum absolute atomic E-state index is 0.123. The predicted octanol–water partition coefficient (Wildman–Crippen LogP) is 4.32. The van der Waals surface area contributed by atoms with Gasteiger partial charge in [0.05, 0.1) is 24.6 Å². The Morgan fingerprint density at radius 1 is 1.24 bits per heavy atom. The Kier molecular flexibility index (Phi) is 5.83. The summed E-state index contributed by atoms with van der Waals surface area (Å²) in [6, 6.07) is 11.9. The molecule has 0 fully saturated rings. The zero-order chi connectivity index (χ0) is 20.9. The van der Waals surface area contributed by atoms with Crippen LogP contribution in [0.15, 0.2) is 60.0 Å². The lowest BCUT2D eigenvalue weighted by Crippen LogP contribution is -2.05. The second-order valence-electron chi connectivity index (χ2n) is 5.83. The monoisotopic (exact) mass is 400 g/mol. The Morgan fingerprint density at radius 2 is 2.07 bits per heavy atom. The van der Waals surface area contributed by atoms with E-state index in [1.165, 1.54) is 31.7 Å². The van der Waals surface area contributed by atoms with Crippen LogP contribution in [0, 0.1) is 11.3 Å². The molecule has 3 aromatic rings. The summed E-state index contributed by atoms with van der Waals surface area (Å²) in [5, 5.41) is 13.2. The molecular formula is C20H15F3N4O2. The van der Waals surface area contributed by atoms with Crippen molar-refractivity contribution in [1.29, 1.82) is 5.26 Å². The highest BCUT2D eigenvalue weighted by Crippen LogP contribution is 2.29. The second kappa shape index (κ2) is 8.48. The molecule has 9 heteroatoms. The molecule has 2 aromatic heterocycles. The van der Waals surface area contributed by atoms with E-state index < -0.39 is 11.7 Å². The average Bonchev–Trinajstić information content (AvgIpc) is 3.18. The van der Waals surface area contributed by atoms with Crippen molar-refractivity contribution < 1.29 is 22.7 Å². The number of aromatic nitrogens is 2. The van der Waals surface area contributed by atoms with Crippen LogP contribution in [0.25, 0.3) is 5.82 Å². The van der Waals surface area contributed by atoms with Gasteiger partial charge in [-0.15, -0.1) is 0 Å². The number of rotatable bonds is 6. The number of methoxy groups -OCH3 is 1. The lowest BCUT2D eigenvalue weighted by Gasteiger charge is -2.10. The molecule has 29 heavy (non-hydrogen) atoms. The predicted molar refractivity (Wildman–Crippen MR) is 98.7 cm³/mol. The summed E-state index contributed by atoms with van der Waals surface area (Å²) in [7, 11) is 1.46. The molecule has 1 aromatic carbocycles. The number of pyridine rings is 1. The summed E-state index contributed by atoms with van der Waals surface area (Å²) in [6.07, 6.45) is 0.176. The van der Waals surface area contributed by atoms with Crippen LogP contribution in [-0.4, -0.2) is 22.9 Å². The highest BCUT2D eigenvalue weighted by molar-refractivity contribution is 5.78. The Hall–Kier alpha value is -3.80. The summed E-state index contributed by atoms with van der Waals surface area (Å²) in [5.41, 5.74) is 0.412. The molecule has 2 heterocycles. The van der Waals surface area contributed by atoms with Gasteiger partial charge in [-0.05, 0) is 35.9 Å². The van der Waals surface area contributed by atoms with Crippen molar-refractivity contribution in [2.45, 2.75) is 12.8 Å². The van der Waals surface area contributed by atoms with E-state index in [0.717, 1.165) is 12.1 Å². The van der Waals surface area contributed by atoms with Crippen LogP contribution in [-0.2, 0) is 17.6 Å². The quantitative estimate of drug-likeness (QED) is 0.456. The normalized spacial score (nSPS) is 11.4. The van der Waals surface area contributed by atoms with Crippen LogP contribution in [0.3, 0.4) is 0 Å². The molecule has 6 nitrogen and oxygen atoms in total. The Morgan fingerprint density at radius 3 is 2.79 bits per heavy atom. The minimum atomic E-state index is -4.41. The summed E-state index contributed by atoms with van der Waals surface area (Å²) in [6.45, 7) is -0.123. The fourth-order valence-electron chi connectivity index (χ4n) is 2.62. The third-order valence-electron chi connectivity index (χ3n) is 3.98. The Labute approximate surface area is 164 Å². The minimum Gasteiger partial charge on any atom is -0.495 e. The van der Waals surface area contributed by atoms with Gasteiger partial charge in [0.1, 0.15) is 24.0 Å². The number of ether oxygens (including phenoxy) is 1. The molecule has 3 rings (SSSR count). The number of hydrogen-bond donors (Lipinski definition) is 0. The lowest BCUT2D eigenvalue weighted by molar-refractivity contribution is -0.137. The van der Waals surface area contributed by atoms with Gasteiger partial charge in [0.15, 0.2) is 5.82 Å². The maximum Gasteiger partial charge on any atom is 0.416 e. The number of halogens is 3. The first-order valence-electron chi connectivity index (χ1n) is 8.36. The number of nitriles is 1. The van der Waals surface area contributed by atoms with Gasteiger partial charge in [-0.1, -0.05) is 17.3 Å². The van der Waals surface area contributed by atoms with Gasteiger partial charge in [-0.2, -0.15) is 18.4 Å². The van der Waals surface area contributed by atoms with Crippen molar-refractivity contribution in [1.82, 2.24) is 9.55 Å². The van der Waals surface area contributed by atoms with Crippen molar-refractivity contribution in [2.24, 2.45) is 5.16 Å². The molecule has 0 bridgehead atoms. The molecular weight excluding hydrogens is 385 g/mol. The largest absolute Gasteiger partial charge is 0.495 e. The highest BCUT2D eigenvalue weighted by atomic mass is 19.4. The van der Waals surface area contributed by atoms with Crippen molar-refractivity contribution in [3.63, 3.8) is 0 Å². The maximum atomic E-state index is 12.8. The molecule has 0 spiro atoms. The van der Waals surface area contributed by atoms with Crippen molar-refractivity contribution in [2.75, 3.05) is 7.11 Å². The molecule has 0 radical (unpaired) electrons. The third kappa shape index (κ3) is 4.55. The van der Waals surface area contributed by atoms with E-state index in [9.17, 15) is 18.4 Å². The van der Waals surface area contributed by atoms with Gasteiger partial charge in [-0.3, -0.25) is 4.57 Å². The van der Waals surface area contributed by atoms with Crippen LogP contribution in [0.4, 0.5) is 13.2 Å². The van der Waals surface area contributed by atoms with Crippen LogP contribution in [0.2, 0.25) is 0 Å². The molecule has 148 valence electrons. The standard InChI is InChI=1S/C20H15F3N4O2/c1-28-18-7-8-25-19(17(18)11-24)27-9-3-6-16(27)12-26-29-13-14-4-2-5-15(10-14)20(21,22)23/h2-10,12H,13H2,1H3/b26-12+. The average molecular weight is 400 g/mol. The molecule has 0 aliphatic carbocycles. The molecule has 0 saturated heterocycles. The molecule has 0 atom stereocenters. The van der Waals surface area contributed by atoms with Crippen LogP contribution < -0.4 is 4.74 Å². The fraction of sp³-hybridized carbons (Fsp3) is 0.150. The summed E-state index contributed by atoms with van der Waals surface area (Å²) in [4.78, 5) is 9.35. The number of oxime groups is 1. The van der Waals surface area contributed by atoms with Crippen LogP contribution in [0.5, 0.6) is 5.75 Å². The number of hydrogen-bond acceptors (Lipinski definition) is 5. The van der Waals surface area contributed by atoms with E-state index in [4.69, 9.17) is 9.57 Å². The fourth-order valence-corrected chi connectivity index (χ4v) is 2.62. The molecule has 0 saturated carbocycles. The number of benzene rings is 1. The van der Waals surface area contributed by atoms with E-state index >= 15 is 0 Å². The molecule has 0 aliphatic heterocycles. The van der Waals surface area contributed by atoms with E-state index in [1.807, 2.05) is 0 Å². The number of alkyl halides is 3. The van der Waals surface area contributed by atoms with Crippen molar-refractivity contribution in [3.05, 3.63) is 77.2 Å². The van der Waals surface area contributed by atoms with Gasteiger partial charge < -0.3 is 9.57 Å². The van der Waals surface area contributed by atoms with Gasteiger partial charge in [0.2, 0.25) is 0 Å². The lowest BCUT2D eigenvalue weighted by atomic mass is 10.1. The van der Waals surface area contributed by atoms with Gasteiger partial charge in [0, 0.05) is 12.4 Å². The van der Waals surface area contributed by atoms with Gasteiger partial charge >= 0.3 is 6.18 Å². The van der Waals surface area contributed by atoms with Gasteiger partial charge in [0.25, 0.3) is 0 Å².